The van der Waals surface area contributed by atoms with Crippen LogP contribution in [0.1, 0.15) is 34.1 Å². The maximum atomic E-state index is 14.6. The number of benzene rings is 4. The first-order valence-corrected chi connectivity index (χ1v) is 18.6. The van der Waals surface area contributed by atoms with E-state index in [-0.39, 0.29) is 35.4 Å². The Hall–Kier alpha value is -5.89. The molecule has 0 saturated carbocycles. The Kier molecular flexibility index (Phi) is 11.0. The summed E-state index contributed by atoms with van der Waals surface area (Å²) in [5, 5.41) is 16.1. The SMILES string of the molecule is C=CCOC(=O)C(N1C(=O)[C@H]([C@@H](C)O)[C@H]1CC(=O)c1cccc(C(=O)Nc2ccncc2)c1)=P(c1ccccc1)(c1ccccc1)c1ccccc1. The molecule has 1 fully saturated rings. The molecule has 262 valence electrons. The third-order valence-electron chi connectivity index (χ3n) is 9.06. The second-order valence-electron chi connectivity index (χ2n) is 12.3. The van der Waals surface area contributed by atoms with Crippen molar-refractivity contribution in [3.05, 3.63) is 164 Å². The number of amides is 2. The van der Waals surface area contributed by atoms with E-state index in [1.807, 2.05) is 91.0 Å². The number of aromatic nitrogens is 1. The second-order valence-corrected chi connectivity index (χ2v) is 15.6. The van der Waals surface area contributed by atoms with Gasteiger partial charge in [0.15, 0.2) is 5.78 Å². The number of hydrogen-bond acceptors (Lipinski definition) is 7. The van der Waals surface area contributed by atoms with Gasteiger partial charge in [-0.05, 0) is 47.1 Å². The van der Waals surface area contributed by atoms with E-state index < -0.39 is 42.7 Å². The third kappa shape index (κ3) is 7.01. The smallest absolute Gasteiger partial charge is 0.356 e. The number of nitrogens with zero attached hydrogens (tertiary/aromatic N) is 2. The van der Waals surface area contributed by atoms with Crippen LogP contribution in [0.25, 0.3) is 0 Å². The van der Waals surface area contributed by atoms with Gasteiger partial charge in [0.25, 0.3) is 5.91 Å². The van der Waals surface area contributed by atoms with Crippen LogP contribution in [0.4, 0.5) is 5.69 Å². The van der Waals surface area contributed by atoms with E-state index in [4.69, 9.17) is 4.74 Å². The van der Waals surface area contributed by atoms with E-state index in [2.05, 4.69) is 16.9 Å². The lowest BCUT2D eigenvalue weighted by Gasteiger charge is -2.50. The number of aliphatic hydroxyl groups is 1. The van der Waals surface area contributed by atoms with Crippen molar-refractivity contribution in [3.63, 3.8) is 0 Å². The van der Waals surface area contributed by atoms with Gasteiger partial charge in [0.05, 0.1) is 18.1 Å². The molecule has 2 amide bonds. The number of carbonyl (C=O) groups excluding carboxylic acids is 4. The average molecular weight is 712 g/mol. The topological polar surface area (TPSA) is 126 Å². The zero-order chi connectivity index (χ0) is 36.7. The molecule has 1 saturated heterocycles. The van der Waals surface area contributed by atoms with Gasteiger partial charge in [0.2, 0.25) is 5.91 Å². The number of ketones is 1. The van der Waals surface area contributed by atoms with Crippen LogP contribution in [-0.2, 0) is 14.3 Å². The quantitative estimate of drug-likeness (QED) is 0.0581. The molecule has 0 unspecified atom stereocenters. The van der Waals surface area contributed by atoms with Crippen molar-refractivity contribution in [2.24, 2.45) is 5.92 Å². The van der Waals surface area contributed by atoms with E-state index in [0.717, 1.165) is 15.9 Å². The van der Waals surface area contributed by atoms with Gasteiger partial charge in [-0.15, -0.1) is 0 Å². The molecule has 0 bridgehead atoms. The maximum absolute atomic E-state index is 14.6. The van der Waals surface area contributed by atoms with Crippen molar-refractivity contribution in [1.29, 1.82) is 0 Å². The molecule has 9 nitrogen and oxygen atoms in total. The molecule has 2 N–H and O–H groups in total. The first-order valence-electron chi connectivity index (χ1n) is 16.8. The number of ether oxygens (including phenoxy) is 1. The minimum Gasteiger partial charge on any atom is -0.457 e. The van der Waals surface area contributed by atoms with E-state index in [0.29, 0.717) is 5.69 Å². The Bertz CT molecular complexity index is 2040. The van der Waals surface area contributed by atoms with Crippen LogP contribution in [0.2, 0.25) is 0 Å². The van der Waals surface area contributed by atoms with Crippen LogP contribution in [0.5, 0.6) is 0 Å². The van der Waals surface area contributed by atoms with Gasteiger partial charge in [-0.1, -0.05) is 116 Å². The van der Waals surface area contributed by atoms with E-state index in [1.54, 1.807) is 42.7 Å². The lowest BCUT2D eigenvalue weighted by Crippen LogP contribution is -2.68. The number of likely N-dealkylation sites (tertiary alicyclic amines) is 1. The third-order valence-corrected chi connectivity index (χ3v) is 13.3. The van der Waals surface area contributed by atoms with Crippen molar-refractivity contribution in [2.75, 3.05) is 11.9 Å². The standard InChI is InChI=1S/C42H38N3O6P/c1-3-26-51-42(50)41(52(33-16-7-4-8-17-33,34-18-9-5-10-19-34)35-20-11-6-12-21-35)45-36(38(29(2)46)40(45)49)28-37(47)30-14-13-15-31(27-30)39(48)44-32-22-24-43-25-23-32/h3-25,27,29,36,38,46H,1,26,28H2,2H3,(H,43,44,48)/t29-,36-,38-/m1/s1. The van der Waals surface area contributed by atoms with Crippen molar-refractivity contribution in [3.8, 4) is 0 Å². The average Bonchev–Trinajstić information content (AvgIpc) is 3.18. The molecular weight excluding hydrogens is 673 g/mol. The number of hydrogen-bond donors (Lipinski definition) is 2. The summed E-state index contributed by atoms with van der Waals surface area (Å²) < 4.78 is 5.80. The summed E-state index contributed by atoms with van der Waals surface area (Å²) in [6, 6.07) is 37.3. The molecule has 0 radical (unpaired) electrons. The van der Waals surface area contributed by atoms with Gasteiger partial charge in [-0.25, -0.2) is 4.79 Å². The largest absolute Gasteiger partial charge is 0.457 e. The van der Waals surface area contributed by atoms with Gasteiger partial charge in [0.1, 0.15) is 12.0 Å². The number of Topliss-reactive ketones (excluding diaryl/α,β-unsaturated/α-hetero) is 1. The van der Waals surface area contributed by atoms with Crippen molar-refractivity contribution in [2.45, 2.75) is 25.5 Å². The molecule has 1 aliphatic rings. The molecule has 10 heteroatoms. The Morgan fingerprint density at radius 2 is 1.38 bits per heavy atom. The normalized spacial score (nSPS) is 15.9. The van der Waals surface area contributed by atoms with Gasteiger partial charge >= 0.3 is 5.97 Å². The molecule has 1 aromatic heterocycles. The number of aliphatic hydroxyl groups excluding tert-OH is 1. The molecule has 52 heavy (non-hydrogen) atoms. The molecule has 5 aromatic rings. The number of β-lactam (4-membered cyclic amide) rings is 1. The second kappa shape index (κ2) is 16.0. The minimum atomic E-state index is -3.22. The van der Waals surface area contributed by atoms with Crippen LogP contribution in [-0.4, -0.2) is 62.7 Å². The maximum Gasteiger partial charge on any atom is 0.356 e. The zero-order valence-electron chi connectivity index (χ0n) is 28.5. The first-order chi connectivity index (χ1) is 25.3. The Morgan fingerprint density at radius 3 is 1.90 bits per heavy atom. The highest BCUT2D eigenvalue weighted by Crippen LogP contribution is 2.50. The summed E-state index contributed by atoms with van der Waals surface area (Å²) in [6.07, 6.45) is 3.22. The fourth-order valence-electron chi connectivity index (χ4n) is 6.72. The molecule has 0 spiro atoms. The highest BCUT2D eigenvalue weighted by molar-refractivity contribution is 7.96. The molecule has 2 heterocycles. The molecular formula is C42H38N3O6P. The summed E-state index contributed by atoms with van der Waals surface area (Å²) in [5.41, 5.74) is 1.16. The summed E-state index contributed by atoms with van der Waals surface area (Å²) in [5.74, 6) is -2.97. The number of carbonyl (C=O) groups is 4. The first kappa shape index (κ1) is 35.9. The highest BCUT2D eigenvalue weighted by Gasteiger charge is 2.55. The van der Waals surface area contributed by atoms with Gasteiger partial charge in [-0.2, -0.15) is 0 Å². The number of esters is 1. The summed E-state index contributed by atoms with van der Waals surface area (Å²) in [6.45, 7) is 1.90. The molecule has 6 rings (SSSR count). The number of rotatable bonds is 13. The predicted octanol–water partition coefficient (Wildman–Crippen LogP) is 4.97. The number of nitrogens with one attached hydrogen (secondary N) is 1. The summed E-state index contributed by atoms with van der Waals surface area (Å²) in [4.78, 5) is 61.6. The molecule has 4 aromatic carbocycles. The Labute approximate surface area is 302 Å². The molecule has 1 aliphatic heterocycles. The monoisotopic (exact) mass is 711 g/mol. The zero-order valence-corrected chi connectivity index (χ0v) is 29.4. The fourth-order valence-corrected chi connectivity index (χ4v) is 11.1. The van der Waals surface area contributed by atoms with E-state index in [9.17, 15) is 24.3 Å². The minimum absolute atomic E-state index is 0.100. The molecule has 3 atom stereocenters. The van der Waals surface area contributed by atoms with Gasteiger partial charge in [-0.3, -0.25) is 19.4 Å². The lowest BCUT2D eigenvalue weighted by atomic mass is 9.79. The van der Waals surface area contributed by atoms with Crippen LogP contribution in [0.15, 0.2) is 152 Å². The van der Waals surface area contributed by atoms with Gasteiger partial charge in [0, 0.05) is 42.5 Å². The highest BCUT2D eigenvalue weighted by atomic mass is 31.2. The molecule has 0 aliphatic carbocycles. The number of anilines is 1. The summed E-state index contributed by atoms with van der Waals surface area (Å²) in [7, 11) is 0. The Morgan fingerprint density at radius 1 is 0.846 bits per heavy atom. The van der Waals surface area contributed by atoms with Crippen LogP contribution in [0.3, 0.4) is 0 Å². The van der Waals surface area contributed by atoms with Gasteiger partial charge < -0.3 is 20.1 Å². The predicted molar refractivity (Wildman–Crippen MR) is 205 cm³/mol. The van der Waals surface area contributed by atoms with Crippen LogP contribution < -0.4 is 21.2 Å². The van der Waals surface area contributed by atoms with Crippen molar-refractivity contribution >= 4 is 57.5 Å². The summed E-state index contributed by atoms with van der Waals surface area (Å²) >= 11 is 0. The fraction of sp³-hybridized carbons (Fsp3) is 0.143. The van der Waals surface area contributed by atoms with Crippen molar-refractivity contribution < 1.29 is 29.0 Å². The van der Waals surface area contributed by atoms with Crippen LogP contribution >= 0.6 is 6.89 Å². The van der Waals surface area contributed by atoms with E-state index in [1.165, 1.54) is 24.0 Å². The van der Waals surface area contributed by atoms with Crippen molar-refractivity contribution in [1.82, 2.24) is 9.88 Å². The lowest BCUT2D eigenvalue weighted by molar-refractivity contribution is -0.157. The number of pyridine rings is 1. The van der Waals surface area contributed by atoms with E-state index >= 15 is 0 Å². The Balaban J connectivity index is 1.52. The van der Waals surface area contributed by atoms with Crippen LogP contribution in [0, 0.1) is 5.92 Å².